The van der Waals surface area contributed by atoms with E-state index in [-0.39, 0.29) is 23.8 Å². The van der Waals surface area contributed by atoms with Crippen LogP contribution < -0.4 is 0 Å². The lowest BCUT2D eigenvalue weighted by molar-refractivity contribution is -0.146. The molecule has 2 aromatic heterocycles. The molecule has 0 radical (unpaired) electrons. The molecule has 0 aliphatic rings. The van der Waals surface area contributed by atoms with Crippen LogP contribution >= 0.6 is 22.7 Å². The van der Waals surface area contributed by atoms with Crippen LogP contribution in [0.3, 0.4) is 0 Å². The smallest absolute Gasteiger partial charge is 0.306 e. The Bertz CT molecular complexity index is 591. The summed E-state index contributed by atoms with van der Waals surface area (Å²) in [6.45, 7) is 4.81. The lowest BCUT2D eigenvalue weighted by atomic mass is 10.1. The molecule has 0 aliphatic carbocycles. The van der Waals surface area contributed by atoms with Gasteiger partial charge >= 0.3 is 11.9 Å². The van der Waals surface area contributed by atoms with Gasteiger partial charge in [-0.25, -0.2) is 0 Å². The molecular weight excluding hydrogens is 368 g/mol. The average molecular weight is 395 g/mol. The van der Waals surface area contributed by atoms with Crippen molar-refractivity contribution in [2.75, 3.05) is 13.2 Å². The lowest BCUT2D eigenvalue weighted by Crippen LogP contribution is -2.11. The van der Waals surface area contributed by atoms with Gasteiger partial charge in [0.15, 0.2) is 0 Å². The number of hydrogen-bond donors (Lipinski definition) is 0. The molecule has 0 aromatic carbocycles. The molecule has 6 heteroatoms. The lowest BCUT2D eigenvalue weighted by Gasteiger charge is -2.10. The van der Waals surface area contributed by atoms with E-state index in [1.807, 2.05) is 48.9 Å². The summed E-state index contributed by atoms with van der Waals surface area (Å²) >= 11 is 3.32. The molecule has 0 saturated heterocycles. The second-order valence-electron chi connectivity index (χ2n) is 6.39. The normalized spacial score (nSPS) is 13.2. The van der Waals surface area contributed by atoms with Crippen LogP contribution in [0.1, 0.15) is 61.1 Å². The monoisotopic (exact) mass is 394 g/mol. The number of hydrogen-bond acceptors (Lipinski definition) is 6. The van der Waals surface area contributed by atoms with Gasteiger partial charge in [0.05, 0.1) is 26.1 Å². The van der Waals surface area contributed by atoms with Crippen molar-refractivity contribution in [3.63, 3.8) is 0 Å². The zero-order valence-corrected chi connectivity index (χ0v) is 16.9. The highest BCUT2D eigenvalue weighted by Crippen LogP contribution is 2.24. The van der Waals surface area contributed by atoms with Crippen LogP contribution in [0, 0.1) is 0 Å². The van der Waals surface area contributed by atoms with E-state index in [1.165, 1.54) is 9.75 Å². The molecule has 2 atom stereocenters. The molecule has 4 nitrogen and oxygen atoms in total. The Hall–Kier alpha value is -1.66. The summed E-state index contributed by atoms with van der Waals surface area (Å²) < 4.78 is 10.5. The molecular formula is C20H26O4S2. The molecule has 0 amide bonds. The summed E-state index contributed by atoms with van der Waals surface area (Å²) in [6, 6.07) is 8.06. The van der Waals surface area contributed by atoms with Crippen LogP contribution in [-0.2, 0) is 19.1 Å². The van der Waals surface area contributed by atoms with Crippen LogP contribution in [-0.4, -0.2) is 25.2 Å². The molecule has 2 aromatic rings. The second kappa shape index (κ2) is 11.1. The Kier molecular flexibility index (Phi) is 8.85. The van der Waals surface area contributed by atoms with Gasteiger partial charge in [-0.15, -0.1) is 22.7 Å². The van der Waals surface area contributed by atoms with Crippen molar-refractivity contribution < 1.29 is 19.1 Å². The molecule has 0 saturated carbocycles. The van der Waals surface area contributed by atoms with Crippen LogP contribution in [0.5, 0.6) is 0 Å². The quantitative estimate of drug-likeness (QED) is 0.380. The molecule has 2 heterocycles. The topological polar surface area (TPSA) is 52.6 Å². The standard InChI is InChI=1S/C20H26O4S2/c1-15(17-7-5-11-25-17)13-19(21)23-9-3-4-10-24-20(22)14-16(2)18-8-6-12-26-18/h5-8,11-12,15-16H,3-4,9-10,13-14H2,1-2H3. The Morgan fingerprint density at radius 3 is 1.62 bits per heavy atom. The first-order valence-electron chi connectivity index (χ1n) is 8.94. The van der Waals surface area contributed by atoms with E-state index in [0.717, 1.165) is 0 Å². The van der Waals surface area contributed by atoms with Gasteiger partial charge in [0, 0.05) is 21.6 Å². The minimum absolute atomic E-state index is 0.173. The van der Waals surface area contributed by atoms with Crippen molar-refractivity contribution in [1.82, 2.24) is 0 Å². The van der Waals surface area contributed by atoms with Crippen molar-refractivity contribution in [3.05, 3.63) is 44.8 Å². The molecule has 2 rings (SSSR count). The van der Waals surface area contributed by atoms with Gasteiger partial charge in [-0.2, -0.15) is 0 Å². The number of esters is 2. The maximum absolute atomic E-state index is 11.8. The van der Waals surface area contributed by atoms with Crippen molar-refractivity contribution in [1.29, 1.82) is 0 Å². The Balaban J connectivity index is 1.49. The zero-order valence-electron chi connectivity index (χ0n) is 15.3. The van der Waals surface area contributed by atoms with Gasteiger partial charge in [0.25, 0.3) is 0 Å². The third kappa shape index (κ3) is 7.30. The van der Waals surface area contributed by atoms with E-state index in [2.05, 4.69) is 0 Å². The van der Waals surface area contributed by atoms with Crippen molar-refractivity contribution in [2.24, 2.45) is 0 Å². The number of rotatable bonds is 11. The summed E-state index contributed by atoms with van der Waals surface area (Å²) in [6.07, 6.45) is 2.20. The minimum atomic E-state index is -0.173. The third-order valence-electron chi connectivity index (χ3n) is 4.07. The highest BCUT2D eigenvalue weighted by atomic mass is 32.1. The van der Waals surface area contributed by atoms with Crippen molar-refractivity contribution >= 4 is 34.6 Å². The highest BCUT2D eigenvalue weighted by molar-refractivity contribution is 7.10. The minimum Gasteiger partial charge on any atom is -0.466 e. The summed E-state index contributed by atoms with van der Waals surface area (Å²) in [5.41, 5.74) is 0. The number of ether oxygens (including phenoxy) is 2. The first-order chi connectivity index (χ1) is 12.6. The van der Waals surface area contributed by atoms with Crippen LogP contribution in [0.25, 0.3) is 0 Å². The van der Waals surface area contributed by atoms with Gasteiger partial charge < -0.3 is 9.47 Å². The van der Waals surface area contributed by atoms with Gasteiger partial charge in [-0.1, -0.05) is 26.0 Å². The Labute approximate surface area is 163 Å². The van der Waals surface area contributed by atoms with E-state index in [4.69, 9.17) is 9.47 Å². The predicted octanol–water partition coefficient (Wildman–Crippen LogP) is 5.36. The molecule has 0 aliphatic heterocycles. The fourth-order valence-corrected chi connectivity index (χ4v) is 4.11. The van der Waals surface area contributed by atoms with Crippen molar-refractivity contribution in [2.45, 2.75) is 51.4 Å². The largest absolute Gasteiger partial charge is 0.466 e. The van der Waals surface area contributed by atoms with Gasteiger partial charge in [-0.3, -0.25) is 9.59 Å². The van der Waals surface area contributed by atoms with Crippen LogP contribution in [0.4, 0.5) is 0 Å². The van der Waals surface area contributed by atoms with E-state index in [1.54, 1.807) is 22.7 Å². The third-order valence-corrected chi connectivity index (χ3v) is 6.28. The molecule has 0 fully saturated rings. The van der Waals surface area contributed by atoms with Gasteiger partial charge in [0.2, 0.25) is 0 Å². The van der Waals surface area contributed by atoms with Crippen LogP contribution in [0.2, 0.25) is 0 Å². The predicted molar refractivity (Wildman–Crippen MR) is 106 cm³/mol. The van der Waals surface area contributed by atoms with Crippen LogP contribution in [0.15, 0.2) is 35.0 Å². The van der Waals surface area contributed by atoms with Crippen molar-refractivity contribution in [3.8, 4) is 0 Å². The molecule has 2 unspecified atom stereocenters. The molecule has 0 N–H and O–H groups in total. The second-order valence-corrected chi connectivity index (χ2v) is 8.35. The number of unbranched alkanes of at least 4 members (excludes halogenated alkanes) is 1. The van der Waals surface area contributed by atoms with E-state index >= 15 is 0 Å². The van der Waals surface area contributed by atoms with E-state index in [9.17, 15) is 9.59 Å². The maximum atomic E-state index is 11.8. The fourth-order valence-electron chi connectivity index (χ4n) is 2.54. The molecule has 26 heavy (non-hydrogen) atoms. The summed E-state index contributed by atoms with van der Waals surface area (Å²) in [4.78, 5) is 26.0. The first kappa shape index (κ1) is 20.6. The average Bonchev–Trinajstić information content (AvgIpc) is 3.31. The van der Waals surface area contributed by atoms with Gasteiger partial charge in [0.1, 0.15) is 0 Å². The number of carbonyl (C=O) groups excluding carboxylic acids is 2. The van der Waals surface area contributed by atoms with E-state index < -0.39 is 0 Å². The zero-order chi connectivity index (χ0) is 18.8. The fraction of sp³-hybridized carbons (Fsp3) is 0.500. The first-order valence-corrected chi connectivity index (χ1v) is 10.7. The maximum Gasteiger partial charge on any atom is 0.306 e. The Morgan fingerprint density at radius 1 is 0.846 bits per heavy atom. The number of thiophene rings is 2. The Morgan fingerprint density at radius 2 is 1.27 bits per heavy atom. The number of carbonyl (C=O) groups is 2. The van der Waals surface area contributed by atoms with E-state index in [0.29, 0.717) is 38.9 Å². The van der Waals surface area contributed by atoms with Gasteiger partial charge in [-0.05, 0) is 35.7 Å². The molecule has 0 bridgehead atoms. The SMILES string of the molecule is CC(CC(=O)OCCCCOC(=O)CC(C)c1cccs1)c1cccs1. The molecule has 0 spiro atoms. The summed E-state index contributed by atoms with van der Waals surface area (Å²) in [5.74, 6) is 0.0305. The highest BCUT2D eigenvalue weighted by Gasteiger charge is 2.14. The molecule has 142 valence electrons. The summed E-state index contributed by atoms with van der Waals surface area (Å²) in [7, 11) is 0. The summed E-state index contributed by atoms with van der Waals surface area (Å²) in [5, 5.41) is 4.03.